The molecule has 0 fully saturated rings. The third kappa shape index (κ3) is 3.82. The molecule has 2 rings (SSSR count). The van der Waals surface area contributed by atoms with Gasteiger partial charge in [-0.25, -0.2) is 13.2 Å². The van der Waals surface area contributed by atoms with Gasteiger partial charge < -0.3 is 10.2 Å². The van der Waals surface area contributed by atoms with Gasteiger partial charge in [0.1, 0.15) is 10.6 Å². The van der Waals surface area contributed by atoms with E-state index in [0.29, 0.717) is 0 Å². The van der Waals surface area contributed by atoms with E-state index >= 15 is 0 Å². The van der Waals surface area contributed by atoms with Crippen LogP contribution in [0.5, 0.6) is 5.75 Å². The minimum atomic E-state index is -4.32. The van der Waals surface area contributed by atoms with Crippen LogP contribution in [0.1, 0.15) is 20.7 Å². The molecule has 24 heavy (non-hydrogen) atoms. The first-order chi connectivity index (χ1) is 11.2. The fourth-order valence-corrected chi connectivity index (χ4v) is 3.11. The Hall–Kier alpha value is -2.62. The van der Waals surface area contributed by atoms with Gasteiger partial charge in [-0.05, 0) is 30.3 Å². The number of carbonyl (C=O) groups excluding carboxylic acids is 1. The van der Waals surface area contributed by atoms with Crippen LogP contribution in [0.15, 0.2) is 47.4 Å². The Morgan fingerprint density at radius 3 is 2.38 bits per heavy atom. The fraction of sp³-hybridized carbons (Fsp3) is 0. The fourth-order valence-electron chi connectivity index (χ4n) is 1.74. The number of carbonyl (C=O) groups is 2. The number of benzene rings is 2. The lowest BCUT2D eigenvalue weighted by Gasteiger charge is -2.11. The molecule has 0 aliphatic heterocycles. The molecule has 2 aromatic carbocycles. The van der Waals surface area contributed by atoms with Gasteiger partial charge >= 0.3 is 5.97 Å². The monoisotopic (exact) mass is 370 g/mol. The maximum atomic E-state index is 12.2. The number of hydrogen-bond acceptors (Lipinski definition) is 5. The van der Waals surface area contributed by atoms with Crippen molar-refractivity contribution >= 4 is 33.5 Å². The summed E-state index contributed by atoms with van der Waals surface area (Å²) in [5.74, 6) is -2.57. The van der Waals surface area contributed by atoms with Crippen LogP contribution in [0.3, 0.4) is 0 Å². The first-order valence-electron chi connectivity index (χ1n) is 6.35. The lowest BCUT2D eigenvalue weighted by molar-refractivity contribution is 0.0696. The lowest BCUT2D eigenvalue weighted by atomic mass is 10.2. The smallest absolute Gasteiger partial charge is 0.335 e. The molecule has 8 nitrogen and oxygen atoms in total. The van der Waals surface area contributed by atoms with Gasteiger partial charge in [0.15, 0.2) is 0 Å². The highest BCUT2D eigenvalue weighted by molar-refractivity contribution is 7.89. The number of phenols is 1. The number of sulfonamides is 1. The highest BCUT2D eigenvalue weighted by atomic mass is 35.5. The predicted molar refractivity (Wildman–Crippen MR) is 84.3 cm³/mol. The van der Waals surface area contributed by atoms with E-state index in [1.165, 1.54) is 24.3 Å². The maximum absolute atomic E-state index is 12.2. The summed E-state index contributed by atoms with van der Waals surface area (Å²) in [5, 5.41) is 18.2. The van der Waals surface area contributed by atoms with E-state index in [-0.39, 0.29) is 21.9 Å². The highest BCUT2D eigenvalue weighted by Gasteiger charge is 2.21. The van der Waals surface area contributed by atoms with Gasteiger partial charge in [0, 0.05) is 0 Å². The average molecular weight is 371 g/mol. The third-order valence-electron chi connectivity index (χ3n) is 2.92. The Morgan fingerprint density at radius 1 is 1.08 bits per heavy atom. The second-order valence-electron chi connectivity index (χ2n) is 4.53. The molecule has 0 aliphatic carbocycles. The first kappa shape index (κ1) is 17.7. The van der Waals surface area contributed by atoms with Crippen molar-refractivity contribution in [3.05, 3.63) is 58.6 Å². The average Bonchev–Trinajstić information content (AvgIpc) is 2.53. The van der Waals surface area contributed by atoms with Crippen LogP contribution in [-0.4, -0.2) is 30.5 Å². The van der Waals surface area contributed by atoms with Gasteiger partial charge in [0.05, 0.1) is 16.1 Å². The maximum Gasteiger partial charge on any atom is 0.335 e. The Kier molecular flexibility index (Phi) is 5.07. The minimum absolute atomic E-state index is 0.148. The van der Waals surface area contributed by atoms with Gasteiger partial charge in [0.25, 0.3) is 15.9 Å². The largest absolute Gasteiger partial charge is 0.507 e. The second-order valence-corrected chi connectivity index (χ2v) is 6.59. The molecule has 0 atom stereocenters. The zero-order chi connectivity index (χ0) is 17.9. The normalized spacial score (nSPS) is 11.0. The van der Waals surface area contributed by atoms with Crippen molar-refractivity contribution in [1.29, 1.82) is 0 Å². The van der Waals surface area contributed by atoms with E-state index in [1.54, 1.807) is 4.83 Å². The standard InChI is InChI=1S/C14H11ClN2O6S/c15-10-6-5-8(14(20)21)7-12(10)24(22,23)17-16-13(19)9-3-1-2-4-11(9)18/h1-7,17-18H,(H,16,19)(H,20,21). The Labute approximate surface area is 141 Å². The summed E-state index contributed by atoms with van der Waals surface area (Å²) in [7, 11) is -4.32. The lowest BCUT2D eigenvalue weighted by Crippen LogP contribution is -2.41. The third-order valence-corrected chi connectivity index (χ3v) is 4.64. The van der Waals surface area contributed by atoms with Crippen molar-refractivity contribution in [1.82, 2.24) is 10.3 Å². The second kappa shape index (κ2) is 6.87. The van der Waals surface area contributed by atoms with Crippen LogP contribution in [0.2, 0.25) is 5.02 Å². The molecule has 1 amide bonds. The van der Waals surface area contributed by atoms with Gasteiger partial charge in [-0.2, -0.15) is 0 Å². The van der Waals surface area contributed by atoms with Crippen molar-refractivity contribution in [3.63, 3.8) is 0 Å². The van der Waals surface area contributed by atoms with Crippen molar-refractivity contribution < 1.29 is 28.2 Å². The molecule has 0 spiro atoms. The summed E-state index contributed by atoms with van der Waals surface area (Å²) in [5.41, 5.74) is 1.48. The number of hydrogen-bond donors (Lipinski definition) is 4. The molecule has 4 N–H and O–H groups in total. The molecule has 0 bridgehead atoms. The molecular formula is C14H11ClN2O6S. The molecule has 126 valence electrons. The summed E-state index contributed by atoms with van der Waals surface area (Å²) in [6.07, 6.45) is 0. The minimum Gasteiger partial charge on any atom is -0.507 e. The number of halogens is 1. The number of aromatic carboxylic acids is 1. The number of carboxylic acids is 1. The van der Waals surface area contributed by atoms with Crippen molar-refractivity contribution in [3.8, 4) is 5.75 Å². The predicted octanol–water partition coefficient (Wildman–Crippen LogP) is 1.37. The number of amides is 1. The van der Waals surface area contributed by atoms with Gasteiger partial charge in [-0.1, -0.05) is 23.7 Å². The van der Waals surface area contributed by atoms with E-state index in [0.717, 1.165) is 18.2 Å². The van der Waals surface area contributed by atoms with E-state index < -0.39 is 26.8 Å². The number of aromatic hydroxyl groups is 1. The molecule has 0 aliphatic rings. The van der Waals surface area contributed by atoms with Crippen LogP contribution < -0.4 is 10.3 Å². The molecule has 0 unspecified atom stereocenters. The van der Waals surface area contributed by atoms with Gasteiger partial charge in [0.2, 0.25) is 0 Å². The zero-order valence-electron chi connectivity index (χ0n) is 11.9. The summed E-state index contributed by atoms with van der Waals surface area (Å²) < 4.78 is 24.4. The summed E-state index contributed by atoms with van der Waals surface area (Å²) in [4.78, 5) is 24.1. The Balaban J connectivity index is 2.23. The Bertz CT molecular complexity index is 913. The van der Waals surface area contributed by atoms with E-state index in [1.807, 2.05) is 5.43 Å². The molecule has 0 saturated carbocycles. The van der Waals surface area contributed by atoms with Crippen molar-refractivity contribution in [2.75, 3.05) is 0 Å². The Morgan fingerprint density at radius 2 is 1.75 bits per heavy atom. The summed E-state index contributed by atoms with van der Waals surface area (Å²) in [6, 6.07) is 8.64. The molecule has 2 aromatic rings. The topological polar surface area (TPSA) is 133 Å². The number of carboxylic acid groups (broad SMARTS) is 1. The van der Waals surface area contributed by atoms with E-state index in [4.69, 9.17) is 16.7 Å². The van der Waals surface area contributed by atoms with Crippen LogP contribution in [-0.2, 0) is 10.0 Å². The SMILES string of the molecule is O=C(O)c1ccc(Cl)c(S(=O)(=O)NNC(=O)c2ccccc2O)c1. The molecule has 0 heterocycles. The van der Waals surface area contributed by atoms with Crippen LogP contribution in [0.4, 0.5) is 0 Å². The summed E-state index contributed by atoms with van der Waals surface area (Å²) in [6.45, 7) is 0. The van der Waals surface area contributed by atoms with Crippen molar-refractivity contribution in [2.45, 2.75) is 4.90 Å². The molecular weight excluding hydrogens is 360 g/mol. The van der Waals surface area contributed by atoms with Crippen molar-refractivity contribution in [2.24, 2.45) is 0 Å². The number of hydrazine groups is 1. The van der Waals surface area contributed by atoms with Gasteiger partial charge in [-0.15, -0.1) is 4.83 Å². The number of para-hydroxylation sites is 1. The number of rotatable bonds is 5. The molecule has 0 saturated heterocycles. The van der Waals surface area contributed by atoms with E-state index in [9.17, 15) is 23.1 Å². The molecule has 10 heteroatoms. The quantitative estimate of drug-likeness (QED) is 0.587. The van der Waals surface area contributed by atoms with Crippen LogP contribution in [0, 0.1) is 0 Å². The molecule has 0 aromatic heterocycles. The molecule has 0 radical (unpaired) electrons. The van der Waals surface area contributed by atoms with Crippen LogP contribution in [0.25, 0.3) is 0 Å². The van der Waals surface area contributed by atoms with E-state index in [2.05, 4.69) is 0 Å². The summed E-state index contributed by atoms with van der Waals surface area (Å²) >= 11 is 5.78. The number of phenolic OH excluding ortho intramolecular Hbond substituents is 1. The first-order valence-corrected chi connectivity index (χ1v) is 8.21. The number of nitrogens with one attached hydrogen (secondary N) is 2. The highest BCUT2D eigenvalue weighted by Crippen LogP contribution is 2.22. The zero-order valence-corrected chi connectivity index (χ0v) is 13.4. The van der Waals surface area contributed by atoms with Gasteiger partial charge in [-0.3, -0.25) is 10.2 Å². The van der Waals surface area contributed by atoms with Crippen LogP contribution >= 0.6 is 11.6 Å².